The third kappa shape index (κ3) is 3.83. The molecule has 2 amide bonds. The largest absolute Gasteiger partial charge is 0.379 e. The van der Waals surface area contributed by atoms with Crippen LogP contribution in [0.4, 0.5) is 4.79 Å². The van der Waals surface area contributed by atoms with Crippen molar-refractivity contribution in [3.63, 3.8) is 0 Å². The molecule has 2 atom stereocenters. The van der Waals surface area contributed by atoms with Crippen LogP contribution in [-0.2, 0) is 14.2 Å². The van der Waals surface area contributed by atoms with E-state index in [0.717, 1.165) is 13.0 Å². The van der Waals surface area contributed by atoms with E-state index < -0.39 is 5.79 Å². The molecule has 0 saturated carbocycles. The lowest BCUT2D eigenvalue weighted by atomic mass is 10.3. The smallest absolute Gasteiger partial charge is 0.315 e. The molecule has 0 aliphatic carbocycles. The summed E-state index contributed by atoms with van der Waals surface area (Å²) in [6.45, 7) is 6.02. The van der Waals surface area contributed by atoms with Gasteiger partial charge in [-0.15, -0.1) is 0 Å². The van der Waals surface area contributed by atoms with E-state index in [0.29, 0.717) is 19.8 Å². The number of carbonyl (C=O) groups excluding carboxylic acids is 1. The van der Waals surface area contributed by atoms with Crippen LogP contribution >= 0.6 is 0 Å². The van der Waals surface area contributed by atoms with Gasteiger partial charge in [-0.05, 0) is 20.3 Å². The van der Waals surface area contributed by atoms with E-state index in [9.17, 15) is 4.79 Å². The van der Waals surface area contributed by atoms with Gasteiger partial charge in [0.15, 0.2) is 5.79 Å². The van der Waals surface area contributed by atoms with Crippen molar-refractivity contribution in [2.45, 2.75) is 38.2 Å². The maximum absolute atomic E-state index is 11.5. The Hall–Kier alpha value is -0.850. The molecule has 0 aromatic carbocycles. The summed E-state index contributed by atoms with van der Waals surface area (Å²) >= 11 is 0. The predicted molar refractivity (Wildman–Crippen MR) is 60.7 cm³/mol. The van der Waals surface area contributed by atoms with Crippen molar-refractivity contribution in [2.75, 3.05) is 26.4 Å². The average molecular weight is 244 g/mol. The lowest BCUT2D eigenvalue weighted by Gasteiger charge is -2.18. The highest BCUT2D eigenvalue weighted by Gasteiger charge is 2.32. The van der Waals surface area contributed by atoms with E-state index in [-0.39, 0.29) is 18.2 Å². The molecule has 17 heavy (non-hydrogen) atoms. The third-order valence-electron chi connectivity index (χ3n) is 2.82. The van der Waals surface area contributed by atoms with E-state index >= 15 is 0 Å². The van der Waals surface area contributed by atoms with Crippen molar-refractivity contribution >= 4 is 6.03 Å². The molecule has 6 nitrogen and oxygen atoms in total. The molecule has 2 saturated heterocycles. The van der Waals surface area contributed by atoms with E-state index in [1.165, 1.54) is 0 Å². The first-order valence-electron chi connectivity index (χ1n) is 5.99. The molecule has 2 rings (SSSR count). The van der Waals surface area contributed by atoms with Crippen molar-refractivity contribution in [1.82, 2.24) is 10.6 Å². The van der Waals surface area contributed by atoms with Gasteiger partial charge in [0.25, 0.3) is 0 Å². The normalized spacial score (nSPS) is 31.4. The van der Waals surface area contributed by atoms with Gasteiger partial charge in [-0.3, -0.25) is 0 Å². The molecular formula is C11H20N2O4. The summed E-state index contributed by atoms with van der Waals surface area (Å²) in [6.07, 6.45) is 0.805. The molecule has 2 unspecified atom stereocenters. The average Bonchev–Trinajstić information content (AvgIpc) is 2.85. The summed E-state index contributed by atoms with van der Waals surface area (Å²) in [4.78, 5) is 11.5. The SMILES string of the molecule is CC1(C)OCC(CNC(=O)NC2CCOC2)O1. The Morgan fingerprint density at radius 2 is 2.24 bits per heavy atom. The van der Waals surface area contributed by atoms with Gasteiger partial charge in [0.1, 0.15) is 6.10 Å². The van der Waals surface area contributed by atoms with Gasteiger partial charge >= 0.3 is 6.03 Å². The van der Waals surface area contributed by atoms with E-state index in [2.05, 4.69) is 10.6 Å². The summed E-state index contributed by atoms with van der Waals surface area (Å²) in [7, 11) is 0. The van der Waals surface area contributed by atoms with Crippen molar-refractivity contribution in [3.05, 3.63) is 0 Å². The molecule has 98 valence electrons. The third-order valence-corrected chi connectivity index (χ3v) is 2.82. The Kier molecular flexibility index (Phi) is 3.86. The summed E-state index contributed by atoms with van der Waals surface area (Å²) < 4.78 is 16.2. The van der Waals surface area contributed by atoms with Crippen LogP contribution in [0.2, 0.25) is 0 Å². The second-order valence-electron chi connectivity index (χ2n) is 4.87. The van der Waals surface area contributed by atoms with Crippen LogP contribution in [0.1, 0.15) is 20.3 Å². The molecule has 0 bridgehead atoms. The van der Waals surface area contributed by atoms with Gasteiger partial charge < -0.3 is 24.8 Å². The Bertz CT molecular complexity index is 277. The van der Waals surface area contributed by atoms with Gasteiger partial charge in [-0.2, -0.15) is 0 Å². The second-order valence-corrected chi connectivity index (χ2v) is 4.87. The minimum atomic E-state index is -0.540. The lowest BCUT2D eigenvalue weighted by molar-refractivity contribution is -0.137. The van der Waals surface area contributed by atoms with Gasteiger partial charge in [-0.1, -0.05) is 0 Å². The highest BCUT2D eigenvalue weighted by Crippen LogP contribution is 2.21. The number of ether oxygens (including phenoxy) is 3. The molecule has 6 heteroatoms. The minimum Gasteiger partial charge on any atom is -0.379 e. The summed E-state index contributed by atoms with van der Waals surface area (Å²) in [5, 5.41) is 5.63. The number of urea groups is 1. The topological polar surface area (TPSA) is 68.8 Å². The zero-order valence-electron chi connectivity index (χ0n) is 10.3. The van der Waals surface area contributed by atoms with Crippen LogP contribution in [0, 0.1) is 0 Å². The number of hydrogen-bond donors (Lipinski definition) is 2. The summed E-state index contributed by atoms with van der Waals surface area (Å²) in [5.41, 5.74) is 0. The predicted octanol–water partition coefficient (Wildman–Crippen LogP) is 0.226. The number of amides is 2. The van der Waals surface area contributed by atoms with Crippen molar-refractivity contribution < 1.29 is 19.0 Å². The molecule has 2 aliphatic heterocycles. The highest BCUT2D eigenvalue weighted by atomic mass is 16.7. The monoisotopic (exact) mass is 244 g/mol. The molecule has 2 N–H and O–H groups in total. The molecule has 0 spiro atoms. The highest BCUT2D eigenvalue weighted by molar-refractivity contribution is 5.74. The van der Waals surface area contributed by atoms with Gasteiger partial charge in [-0.25, -0.2) is 4.79 Å². The van der Waals surface area contributed by atoms with Gasteiger partial charge in [0.05, 0.1) is 19.3 Å². The van der Waals surface area contributed by atoms with E-state index in [1.807, 2.05) is 13.8 Å². The molecule has 2 fully saturated rings. The maximum Gasteiger partial charge on any atom is 0.315 e. The first-order valence-corrected chi connectivity index (χ1v) is 5.99. The first-order chi connectivity index (χ1) is 8.05. The fraction of sp³-hybridized carbons (Fsp3) is 0.909. The molecule has 0 aromatic heterocycles. The Morgan fingerprint density at radius 1 is 1.41 bits per heavy atom. The Morgan fingerprint density at radius 3 is 2.82 bits per heavy atom. The van der Waals surface area contributed by atoms with E-state index in [4.69, 9.17) is 14.2 Å². The quantitative estimate of drug-likeness (QED) is 0.745. The Balaban J connectivity index is 1.63. The van der Waals surface area contributed by atoms with E-state index in [1.54, 1.807) is 0 Å². The zero-order chi connectivity index (χ0) is 12.3. The zero-order valence-corrected chi connectivity index (χ0v) is 10.3. The van der Waals surface area contributed by atoms with Crippen LogP contribution in [0.3, 0.4) is 0 Å². The molecule has 0 aromatic rings. The van der Waals surface area contributed by atoms with Crippen molar-refractivity contribution in [1.29, 1.82) is 0 Å². The Labute approximate surface area is 101 Å². The van der Waals surface area contributed by atoms with Crippen LogP contribution in [-0.4, -0.2) is 50.3 Å². The first kappa shape index (κ1) is 12.6. The fourth-order valence-corrected chi connectivity index (χ4v) is 1.95. The molecule has 2 heterocycles. The standard InChI is InChI=1S/C11H20N2O4/c1-11(2)16-7-9(17-11)5-12-10(14)13-8-3-4-15-6-8/h8-9H,3-7H2,1-2H3,(H2,12,13,14). The number of nitrogens with one attached hydrogen (secondary N) is 2. The van der Waals surface area contributed by atoms with Crippen molar-refractivity contribution in [2.24, 2.45) is 0 Å². The number of rotatable bonds is 3. The van der Waals surface area contributed by atoms with Crippen molar-refractivity contribution in [3.8, 4) is 0 Å². The molecule has 0 radical (unpaired) electrons. The maximum atomic E-state index is 11.5. The van der Waals surface area contributed by atoms with Crippen LogP contribution in [0.25, 0.3) is 0 Å². The van der Waals surface area contributed by atoms with Gasteiger partial charge in [0, 0.05) is 13.2 Å². The summed E-state index contributed by atoms with van der Waals surface area (Å²) in [5.74, 6) is -0.540. The van der Waals surface area contributed by atoms with Crippen LogP contribution in [0.5, 0.6) is 0 Å². The second kappa shape index (κ2) is 5.20. The molecular weight excluding hydrogens is 224 g/mol. The van der Waals surface area contributed by atoms with Crippen LogP contribution < -0.4 is 10.6 Å². The van der Waals surface area contributed by atoms with Crippen LogP contribution in [0.15, 0.2) is 0 Å². The summed E-state index contributed by atoms with van der Waals surface area (Å²) in [6, 6.07) is -0.0407. The fourth-order valence-electron chi connectivity index (χ4n) is 1.95. The minimum absolute atomic E-state index is 0.0735. The lowest BCUT2D eigenvalue weighted by Crippen LogP contribution is -2.45. The number of carbonyl (C=O) groups is 1. The van der Waals surface area contributed by atoms with Gasteiger partial charge in [0.2, 0.25) is 0 Å². The molecule has 2 aliphatic rings. The number of hydrogen-bond acceptors (Lipinski definition) is 4.